The van der Waals surface area contributed by atoms with Gasteiger partial charge in [0.05, 0.1) is 23.1 Å². The van der Waals surface area contributed by atoms with Crippen LogP contribution in [0.25, 0.3) is 0 Å². The molecule has 0 spiro atoms. The number of hydrogen-bond donors (Lipinski definition) is 1. The zero-order valence-electron chi connectivity index (χ0n) is 10.5. The highest BCUT2D eigenvalue weighted by Gasteiger charge is 2.52. The predicted octanol–water partition coefficient (Wildman–Crippen LogP) is 2.70. The van der Waals surface area contributed by atoms with Gasteiger partial charge in [0, 0.05) is 0 Å². The molecule has 0 radical (unpaired) electrons. The van der Waals surface area contributed by atoms with E-state index in [0.717, 1.165) is 23.4 Å². The average Bonchev–Trinajstić information content (AvgIpc) is 2.58. The summed E-state index contributed by atoms with van der Waals surface area (Å²) < 4.78 is 2.28. The van der Waals surface area contributed by atoms with E-state index in [-0.39, 0.29) is 0 Å². The van der Waals surface area contributed by atoms with Gasteiger partial charge in [-0.05, 0) is 63.2 Å². The molecule has 4 aliphatic rings. The average molecular weight is 231 g/mol. The Balaban J connectivity index is 1.80. The van der Waals surface area contributed by atoms with E-state index < -0.39 is 0 Å². The standard InChI is InChI=1S/C14H21N3/c1-9-13(15)8-16-17(9)14-5-10-2-11(6-14)4-12(3-10)7-14/h8,10-12H,2-7,15H2,1H3. The molecule has 0 aromatic carbocycles. The van der Waals surface area contributed by atoms with Crippen LogP contribution < -0.4 is 5.73 Å². The lowest BCUT2D eigenvalue weighted by molar-refractivity contribution is -0.0503. The van der Waals surface area contributed by atoms with Crippen molar-refractivity contribution in [3.8, 4) is 0 Å². The Labute approximate surface area is 102 Å². The SMILES string of the molecule is Cc1c(N)cnn1C12CC3CC(CC(C3)C1)C2. The maximum Gasteiger partial charge on any atom is 0.0730 e. The highest BCUT2D eigenvalue weighted by atomic mass is 15.3. The molecule has 0 saturated heterocycles. The smallest absolute Gasteiger partial charge is 0.0730 e. The number of hydrogen-bond acceptors (Lipinski definition) is 2. The van der Waals surface area contributed by atoms with Gasteiger partial charge in [-0.3, -0.25) is 4.68 Å². The van der Waals surface area contributed by atoms with Gasteiger partial charge in [-0.15, -0.1) is 0 Å². The molecule has 4 saturated carbocycles. The molecule has 4 aliphatic carbocycles. The van der Waals surface area contributed by atoms with Crippen LogP contribution in [0.1, 0.15) is 44.2 Å². The Morgan fingerprint density at radius 3 is 2.12 bits per heavy atom. The number of nitrogen functional groups attached to an aromatic ring is 1. The van der Waals surface area contributed by atoms with Crippen molar-refractivity contribution in [3.05, 3.63) is 11.9 Å². The number of nitrogens with two attached hydrogens (primary N) is 1. The molecule has 1 aromatic rings. The van der Waals surface area contributed by atoms with Crippen molar-refractivity contribution in [2.24, 2.45) is 17.8 Å². The van der Waals surface area contributed by atoms with E-state index in [4.69, 9.17) is 5.73 Å². The molecular formula is C14H21N3. The zero-order valence-corrected chi connectivity index (χ0v) is 10.5. The monoisotopic (exact) mass is 231 g/mol. The molecule has 5 rings (SSSR count). The maximum atomic E-state index is 5.98. The quantitative estimate of drug-likeness (QED) is 0.807. The van der Waals surface area contributed by atoms with Crippen LogP contribution >= 0.6 is 0 Å². The molecule has 0 atom stereocenters. The summed E-state index contributed by atoms with van der Waals surface area (Å²) in [7, 11) is 0. The summed E-state index contributed by atoms with van der Waals surface area (Å²) in [6, 6.07) is 0. The lowest BCUT2D eigenvalue weighted by Crippen LogP contribution is -2.52. The van der Waals surface area contributed by atoms with Gasteiger partial charge < -0.3 is 5.73 Å². The Kier molecular flexibility index (Phi) is 1.80. The van der Waals surface area contributed by atoms with Gasteiger partial charge in [0.1, 0.15) is 0 Å². The van der Waals surface area contributed by atoms with E-state index >= 15 is 0 Å². The number of nitrogens with zero attached hydrogens (tertiary/aromatic N) is 2. The van der Waals surface area contributed by atoms with Crippen molar-refractivity contribution in [2.45, 2.75) is 51.0 Å². The molecule has 3 nitrogen and oxygen atoms in total. The highest BCUT2D eigenvalue weighted by Crippen LogP contribution is 2.58. The van der Waals surface area contributed by atoms with Crippen LogP contribution in [0.2, 0.25) is 0 Å². The Hall–Kier alpha value is -0.990. The molecule has 92 valence electrons. The van der Waals surface area contributed by atoms with Crippen LogP contribution in [0.5, 0.6) is 0 Å². The summed E-state index contributed by atoms with van der Waals surface area (Å²) in [6.45, 7) is 2.13. The predicted molar refractivity (Wildman–Crippen MR) is 67.5 cm³/mol. The van der Waals surface area contributed by atoms with E-state index in [2.05, 4.69) is 16.7 Å². The third kappa shape index (κ3) is 1.25. The van der Waals surface area contributed by atoms with Gasteiger partial charge in [-0.2, -0.15) is 5.10 Å². The van der Waals surface area contributed by atoms with Crippen LogP contribution in [0.4, 0.5) is 5.69 Å². The number of rotatable bonds is 1. The summed E-state index contributed by atoms with van der Waals surface area (Å²) in [5.74, 6) is 2.89. The van der Waals surface area contributed by atoms with Gasteiger partial charge in [-0.25, -0.2) is 0 Å². The van der Waals surface area contributed by atoms with Gasteiger partial charge in [0.25, 0.3) is 0 Å². The molecule has 2 N–H and O–H groups in total. The number of aromatic nitrogens is 2. The molecule has 0 aliphatic heterocycles. The van der Waals surface area contributed by atoms with Gasteiger partial charge in [0.2, 0.25) is 0 Å². The second-order valence-electron chi connectivity index (χ2n) is 6.74. The van der Waals surface area contributed by atoms with E-state index in [9.17, 15) is 0 Å². The van der Waals surface area contributed by atoms with Gasteiger partial charge >= 0.3 is 0 Å². The first-order chi connectivity index (χ1) is 8.16. The summed E-state index contributed by atoms with van der Waals surface area (Å²) in [5, 5.41) is 4.60. The van der Waals surface area contributed by atoms with Crippen molar-refractivity contribution < 1.29 is 0 Å². The van der Waals surface area contributed by atoms with Crippen molar-refractivity contribution in [3.63, 3.8) is 0 Å². The Bertz CT molecular complexity index is 425. The summed E-state index contributed by atoms with van der Waals surface area (Å²) in [6.07, 6.45) is 10.3. The lowest BCUT2D eigenvalue weighted by atomic mass is 9.53. The molecule has 3 heteroatoms. The summed E-state index contributed by atoms with van der Waals surface area (Å²) in [5.41, 5.74) is 8.35. The van der Waals surface area contributed by atoms with Crippen molar-refractivity contribution >= 4 is 5.69 Å². The first-order valence-electron chi connectivity index (χ1n) is 6.97. The second kappa shape index (κ2) is 3.06. The van der Waals surface area contributed by atoms with Gasteiger partial charge in [-0.1, -0.05) is 0 Å². The van der Waals surface area contributed by atoms with Crippen molar-refractivity contribution in [1.82, 2.24) is 9.78 Å². The highest BCUT2D eigenvalue weighted by molar-refractivity contribution is 5.40. The third-order valence-corrected chi connectivity index (χ3v) is 5.50. The van der Waals surface area contributed by atoms with E-state index in [1.807, 2.05) is 6.20 Å². The minimum atomic E-state index is 0.330. The third-order valence-electron chi connectivity index (χ3n) is 5.50. The van der Waals surface area contributed by atoms with E-state index in [0.29, 0.717) is 5.54 Å². The number of anilines is 1. The second-order valence-corrected chi connectivity index (χ2v) is 6.74. The minimum Gasteiger partial charge on any atom is -0.396 e. The molecule has 0 unspecified atom stereocenters. The molecule has 1 aromatic heterocycles. The summed E-state index contributed by atoms with van der Waals surface area (Å²) in [4.78, 5) is 0. The molecular weight excluding hydrogens is 210 g/mol. The fourth-order valence-electron chi connectivity index (χ4n) is 5.22. The largest absolute Gasteiger partial charge is 0.396 e. The molecule has 4 bridgehead atoms. The first-order valence-corrected chi connectivity index (χ1v) is 6.97. The maximum absolute atomic E-state index is 5.98. The normalized spacial score (nSPS) is 43.2. The minimum absolute atomic E-state index is 0.330. The Morgan fingerprint density at radius 2 is 1.71 bits per heavy atom. The first kappa shape index (κ1) is 9.98. The molecule has 17 heavy (non-hydrogen) atoms. The fourth-order valence-corrected chi connectivity index (χ4v) is 5.22. The van der Waals surface area contributed by atoms with E-state index in [1.54, 1.807) is 0 Å². The van der Waals surface area contributed by atoms with Crippen molar-refractivity contribution in [2.75, 3.05) is 5.73 Å². The van der Waals surface area contributed by atoms with Crippen LogP contribution in [-0.4, -0.2) is 9.78 Å². The zero-order chi connectivity index (χ0) is 11.6. The van der Waals surface area contributed by atoms with Crippen LogP contribution in [-0.2, 0) is 5.54 Å². The summed E-state index contributed by atoms with van der Waals surface area (Å²) >= 11 is 0. The van der Waals surface area contributed by atoms with Crippen LogP contribution in [0, 0.1) is 24.7 Å². The fraction of sp³-hybridized carbons (Fsp3) is 0.786. The molecule has 0 amide bonds. The molecule has 1 heterocycles. The van der Waals surface area contributed by atoms with Gasteiger partial charge in [0.15, 0.2) is 0 Å². The van der Waals surface area contributed by atoms with E-state index in [1.165, 1.54) is 44.2 Å². The molecule has 4 fully saturated rings. The Morgan fingerprint density at radius 1 is 1.18 bits per heavy atom. The lowest BCUT2D eigenvalue weighted by Gasteiger charge is -2.56. The van der Waals surface area contributed by atoms with Crippen LogP contribution in [0.3, 0.4) is 0 Å². The van der Waals surface area contributed by atoms with Crippen molar-refractivity contribution in [1.29, 1.82) is 0 Å². The topological polar surface area (TPSA) is 43.8 Å². The van der Waals surface area contributed by atoms with Crippen LogP contribution in [0.15, 0.2) is 6.20 Å².